The molecule has 0 bridgehead atoms. The Hall–Kier alpha value is -4.04. The molecule has 1 aliphatic heterocycles. The van der Waals surface area contributed by atoms with Gasteiger partial charge in [0, 0.05) is 22.7 Å². The minimum absolute atomic E-state index is 0.0875. The zero-order valence-corrected chi connectivity index (χ0v) is 26.0. The molecule has 0 spiro atoms. The van der Waals surface area contributed by atoms with Crippen LogP contribution in [0.1, 0.15) is 69.3 Å². The van der Waals surface area contributed by atoms with Gasteiger partial charge in [-0.1, -0.05) is 100 Å². The number of amides is 1. The Bertz CT molecular complexity index is 1600. The molecule has 1 aliphatic rings. The summed E-state index contributed by atoms with van der Waals surface area (Å²) in [6, 6.07) is 23.7. The van der Waals surface area contributed by atoms with Crippen LogP contribution >= 0.6 is 11.8 Å². The van der Waals surface area contributed by atoms with E-state index in [1.165, 1.54) is 5.56 Å². The lowest BCUT2D eigenvalue weighted by atomic mass is 9.87. The lowest BCUT2D eigenvalue weighted by molar-refractivity contribution is -0.113. The van der Waals surface area contributed by atoms with E-state index in [9.17, 15) is 4.79 Å². The number of thioether (sulfide) groups is 1. The maximum Gasteiger partial charge on any atom is 0.255 e. The topological polar surface area (TPSA) is 81.1 Å². The van der Waals surface area contributed by atoms with Crippen molar-refractivity contribution in [3.05, 3.63) is 106 Å². The number of nitrogens with zero attached hydrogens (tertiary/aromatic N) is 3. The van der Waals surface area contributed by atoms with E-state index >= 15 is 0 Å². The van der Waals surface area contributed by atoms with Gasteiger partial charge in [0.15, 0.2) is 0 Å². The minimum Gasteiger partial charge on any atom is -0.489 e. The molecule has 0 aliphatic carbocycles. The molecule has 4 aromatic rings. The lowest BCUT2D eigenvalue weighted by Gasteiger charge is -2.30. The number of para-hydroxylation sites is 2. The number of anilines is 2. The molecule has 0 fully saturated rings. The number of carbonyl (C=O) groups is 1. The highest BCUT2D eigenvalue weighted by molar-refractivity contribution is 7.99. The standard InChI is InChI=1S/C34H39N5O2S/c1-7-20-42-33-37-32-35-23(3)29(31(40)36-27-14-10-8-12-22(27)2)30(39(32)38-33)26-13-9-11-15-28(26)41-21-24-16-18-25(19-17-24)34(4,5)6/h8-19,30H,7,20-21H2,1-6H3,(H,36,40)(H,35,37,38). The Morgan fingerprint density at radius 3 is 2.45 bits per heavy atom. The second-order valence-corrected chi connectivity index (χ2v) is 12.7. The number of hydrogen-bond donors (Lipinski definition) is 2. The third-order valence-electron chi connectivity index (χ3n) is 7.33. The molecule has 8 heteroatoms. The van der Waals surface area contributed by atoms with E-state index in [4.69, 9.17) is 14.8 Å². The average Bonchev–Trinajstić information content (AvgIpc) is 3.37. The highest BCUT2D eigenvalue weighted by Gasteiger charge is 2.36. The van der Waals surface area contributed by atoms with Crippen molar-refractivity contribution in [1.29, 1.82) is 0 Å². The van der Waals surface area contributed by atoms with Crippen molar-refractivity contribution in [3.63, 3.8) is 0 Å². The van der Waals surface area contributed by atoms with Gasteiger partial charge in [-0.3, -0.25) is 4.79 Å². The summed E-state index contributed by atoms with van der Waals surface area (Å²) in [5.41, 5.74) is 6.34. The Morgan fingerprint density at radius 2 is 1.74 bits per heavy atom. The number of fused-ring (bicyclic) bond motifs is 1. The summed E-state index contributed by atoms with van der Waals surface area (Å²) < 4.78 is 8.27. The van der Waals surface area contributed by atoms with Crippen LogP contribution in [0.25, 0.3) is 0 Å². The molecule has 218 valence electrons. The number of allylic oxidation sites excluding steroid dienone is 1. The van der Waals surface area contributed by atoms with Gasteiger partial charge >= 0.3 is 0 Å². The van der Waals surface area contributed by atoms with Gasteiger partial charge in [-0.15, -0.1) is 5.10 Å². The maximum absolute atomic E-state index is 14.0. The molecule has 42 heavy (non-hydrogen) atoms. The molecule has 1 aromatic heterocycles. The van der Waals surface area contributed by atoms with Gasteiger partial charge in [0.2, 0.25) is 11.1 Å². The molecule has 2 N–H and O–H groups in total. The zero-order chi connectivity index (χ0) is 29.9. The van der Waals surface area contributed by atoms with E-state index in [0.29, 0.717) is 29.0 Å². The van der Waals surface area contributed by atoms with Gasteiger partial charge in [0.25, 0.3) is 5.91 Å². The van der Waals surface area contributed by atoms with E-state index in [1.54, 1.807) is 11.8 Å². The number of benzene rings is 3. The molecule has 5 rings (SSSR count). The number of hydrogen-bond acceptors (Lipinski definition) is 6. The fraction of sp³-hybridized carbons (Fsp3) is 0.324. The first-order valence-electron chi connectivity index (χ1n) is 14.4. The predicted molar refractivity (Wildman–Crippen MR) is 171 cm³/mol. The largest absolute Gasteiger partial charge is 0.489 e. The molecule has 3 aromatic carbocycles. The van der Waals surface area contributed by atoms with Gasteiger partial charge in [-0.2, -0.15) is 4.98 Å². The van der Waals surface area contributed by atoms with Crippen LogP contribution in [-0.2, 0) is 16.8 Å². The van der Waals surface area contributed by atoms with E-state index in [1.807, 2.05) is 67.1 Å². The van der Waals surface area contributed by atoms with Gasteiger partial charge in [0.1, 0.15) is 18.4 Å². The number of ether oxygens (including phenoxy) is 1. The second-order valence-electron chi connectivity index (χ2n) is 11.6. The van der Waals surface area contributed by atoms with Crippen LogP contribution in [0, 0.1) is 6.92 Å². The van der Waals surface area contributed by atoms with Crippen LogP contribution in [0.4, 0.5) is 11.6 Å². The normalized spacial score (nSPS) is 14.8. The monoisotopic (exact) mass is 581 g/mol. The summed E-state index contributed by atoms with van der Waals surface area (Å²) in [4.78, 5) is 18.7. The number of nitrogens with one attached hydrogen (secondary N) is 2. The predicted octanol–water partition coefficient (Wildman–Crippen LogP) is 7.89. The number of aromatic nitrogens is 3. The van der Waals surface area contributed by atoms with Crippen molar-refractivity contribution in [2.45, 2.75) is 71.2 Å². The van der Waals surface area contributed by atoms with Crippen LogP contribution in [0.2, 0.25) is 0 Å². The third-order valence-corrected chi connectivity index (χ3v) is 8.38. The van der Waals surface area contributed by atoms with Crippen LogP contribution in [0.3, 0.4) is 0 Å². The van der Waals surface area contributed by atoms with Crippen molar-refractivity contribution in [2.24, 2.45) is 0 Å². The van der Waals surface area contributed by atoms with Gasteiger partial charge < -0.3 is 15.4 Å². The number of rotatable bonds is 9. The molecule has 1 amide bonds. The first-order valence-corrected chi connectivity index (χ1v) is 15.4. The summed E-state index contributed by atoms with van der Waals surface area (Å²) in [5.74, 6) is 2.02. The second kappa shape index (κ2) is 12.4. The molecule has 1 atom stereocenters. The van der Waals surface area contributed by atoms with E-state index in [-0.39, 0.29) is 11.3 Å². The van der Waals surface area contributed by atoms with Crippen molar-refractivity contribution in [2.75, 3.05) is 16.4 Å². The van der Waals surface area contributed by atoms with Crippen molar-refractivity contribution in [1.82, 2.24) is 14.8 Å². The van der Waals surface area contributed by atoms with Gasteiger partial charge in [-0.25, -0.2) is 4.68 Å². The quantitative estimate of drug-likeness (QED) is 0.196. The Morgan fingerprint density at radius 1 is 1.02 bits per heavy atom. The molecule has 7 nitrogen and oxygen atoms in total. The lowest BCUT2D eigenvalue weighted by Crippen LogP contribution is -2.32. The summed E-state index contributed by atoms with van der Waals surface area (Å²) in [6.07, 6.45) is 1.01. The third kappa shape index (κ3) is 6.39. The van der Waals surface area contributed by atoms with Crippen LogP contribution < -0.4 is 15.4 Å². The Balaban J connectivity index is 1.51. The maximum atomic E-state index is 14.0. The highest BCUT2D eigenvalue weighted by atomic mass is 32.2. The van der Waals surface area contributed by atoms with Gasteiger partial charge in [0.05, 0.1) is 5.57 Å². The Kier molecular flexibility index (Phi) is 8.73. The summed E-state index contributed by atoms with van der Waals surface area (Å²) in [5, 5.41) is 12.0. The number of carbonyl (C=O) groups excluding carboxylic acids is 1. The van der Waals surface area contributed by atoms with E-state index < -0.39 is 6.04 Å². The van der Waals surface area contributed by atoms with Crippen LogP contribution in [0.5, 0.6) is 5.75 Å². The molecule has 0 saturated heterocycles. The average molecular weight is 582 g/mol. The SMILES string of the molecule is CCCSc1nc2n(n1)C(c1ccccc1OCc1ccc(C(C)(C)C)cc1)C(C(=O)Nc1ccccc1C)=C(C)N2. The molecule has 0 radical (unpaired) electrons. The summed E-state index contributed by atoms with van der Waals surface area (Å²) in [7, 11) is 0. The first kappa shape index (κ1) is 29.5. The van der Waals surface area contributed by atoms with E-state index in [0.717, 1.165) is 40.2 Å². The summed E-state index contributed by atoms with van der Waals surface area (Å²) in [6.45, 7) is 13.1. The van der Waals surface area contributed by atoms with Crippen LogP contribution in [0.15, 0.2) is 89.2 Å². The summed E-state index contributed by atoms with van der Waals surface area (Å²) >= 11 is 1.61. The molecule has 0 saturated carbocycles. The molecular formula is C34H39N5O2S. The Labute approximate surface area is 252 Å². The smallest absolute Gasteiger partial charge is 0.255 e. The van der Waals surface area contributed by atoms with Crippen LogP contribution in [-0.4, -0.2) is 26.4 Å². The van der Waals surface area contributed by atoms with Crippen molar-refractivity contribution >= 4 is 29.3 Å². The first-order chi connectivity index (χ1) is 20.2. The van der Waals surface area contributed by atoms with Gasteiger partial charge in [-0.05, 0) is 54.5 Å². The molecular weight excluding hydrogens is 542 g/mol. The molecule has 1 unspecified atom stereocenters. The zero-order valence-electron chi connectivity index (χ0n) is 25.2. The fourth-order valence-electron chi connectivity index (χ4n) is 4.97. The molecule has 2 heterocycles. The fourth-order valence-corrected chi connectivity index (χ4v) is 5.65. The van der Waals surface area contributed by atoms with Crippen molar-refractivity contribution < 1.29 is 9.53 Å². The number of aryl methyl sites for hydroxylation is 1. The van der Waals surface area contributed by atoms with E-state index in [2.05, 4.69) is 62.6 Å². The highest BCUT2D eigenvalue weighted by Crippen LogP contribution is 2.40. The minimum atomic E-state index is -0.534. The van der Waals surface area contributed by atoms with Crippen molar-refractivity contribution in [3.8, 4) is 5.75 Å².